The Morgan fingerprint density at radius 3 is 2.58 bits per heavy atom. The molecule has 1 heterocycles. The second-order valence-corrected chi connectivity index (χ2v) is 7.49. The van der Waals surface area contributed by atoms with Crippen molar-refractivity contribution in [3.63, 3.8) is 0 Å². The van der Waals surface area contributed by atoms with Crippen molar-refractivity contribution in [3.05, 3.63) is 64.8 Å². The molecule has 122 valence electrons. The largest absolute Gasteiger partial charge is 0.325 e. The average molecular weight is 377 g/mol. The lowest BCUT2D eigenvalue weighted by molar-refractivity contribution is -0.115. The zero-order valence-corrected chi connectivity index (χ0v) is 15.1. The molecule has 0 aliphatic rings. The Hall–Kier alpha value is -1.75. The highest BCUT2D eigenvalue weighted by Gasteiger charge is 2.16. The Labute approximate surface area is 154 Å². The molecule has 0 saturated carbocycles. The van der Waals surface area contributed by atoms with Gasteiger partial charge in [0.1, 0.15) is 0 Å². The van der Waals surface area contributed by atoms with Gasteiger partial charge in [-0.25, -0.2) is 0 Å². The Bertz CT molecular complexity index is 876. The van der Waals surface area contributed by atoms with E-state index in [1.165, 1.54) is 11.8 Å². The molecule has 0 aliphatic carbocycles. The van der Waals surface area contributed by atoms with E-state index in [1.54, 1.807) is 24.4 Å². The first-order valence-electron chi connectivity index (χ1n) is 7.30. The summed E-state index contributed by atoms with van der Waals surface area (Å²) in [6, 6.07) is 14.8. The lowest BCUT2D eigenvalue weighted by Gasteiger charge is -2.13. The lowest BCUT2D eigenvalue weighted by Crippen LogP contribution is -2.22. The maximum atomic E-state index is 12.4. The van der Waals surface area contributed by atoms with E-state index in [1.807, 2.05) is 37.3 Å². The first-order chi connectivity index (χ1) is 11.5. The molecule has 3 nitrogen and oxygen atoms in total. The van der Waals surface area contributed by atoms with E-state index in [4.69, 9.17) is 23.2 Å². The van der Waals surface area contributed by atoms with Gasteiger partial charge in [-0.15, -0.1) is 11.8 Å². The molecule has 0 saturated heterocycles. The van der Waals surface area contributed by atoms with Crippen LogP contribution >= 0.6 is 35.0 Å². The van der Waals surface area contributed by atoms with E-state index in [0.717, 1.165) is 15.8 Å². The molecule has 1 atom stereocenters. The Kier molecular flexibility index (Phi) is 5.29. The van der Waals surface area contributed by atoms with Crippen LogP contribution in [0.3, 0.4) is 0 Å². The summed E-state index contributed by atoms with van der Waals surface area (Å²) >= 11 is 13.4. The number of carbonyl (C=O) groups is 1. The average Bonchev–Trinajstić information content (AvgIpc) is 2.54. The molecule has 0 bridgehead atoms. The van der Waals surface area contributed by atoms with E-state index in [0.29, 0.717) is 15.7 Å². The number of amides is 1. The molecule has 24 heavy (non-hydrogen) atoms. The second kappa shape index (κ2) is 7.43. The van der Waals surface area contributed by atoms with Crippen molar-refractivity contribution in [3.8, 4) is 0 Å². The van der Waals surface area contributed by atoms with E-state index >= 15 is 0 Å². The molecule has 0 aliphatic heterocycles. The number of anilines is 1. The van der Waals surface area contributed by atoms with Crippen LogP contribution in [0.2, 0.25) is 10.0 Å². The quantitative estimate of drug-likeness (QED) is 0.597. The molecule has 0 fully saturated rings. The van der Waals surface area contributed by atoms with Gasteiger partial charge in [-0.2, -0.15) is 0 Å². The summed E-state index contributed by atoms with van der Waals surface area (Å²) in [6.07, 6.45) is 1.76. The Morgan fingerprint density at radius 1 is 1.12 bits per heavy atom. The number of thioether (sulfide) groups is 1. The zero-order chi connectivity index (χ0) is 17.1. The number of aromatic nitrogens is 1. The number of para-hydroxylation sites is 1. The zero-order valence-electron chi connectivity index (χ0n) is 12.8. The summed E-state index contributed by atoms with van der Waals surface area (Å²) in [4.78, 5) is 17.8. The van der Waals surface area contributed by atoms with Crippen LogP contribution in [0.25, 0.3) is 10.9 Å². The topological polar surface area (TPSA) is 42.0 Å². The number of halogens is 2. The molecule has 6 heteroatoms. The number of nitrogens with zero attached hydrogens (tertiary/aromatic N) is 1. The minimum absolute atomic E-state index is 0.119. The molecule has 3 aromatic rings. The third kappa shape index (κ3) is 4.01. The van der Waals surface area contributed by atoms with Crippen LogP contribution in [0.4, 0.5) is 5.69 Å². The maximum Gasteiger partial charge on any atom is 0.237 e. The molecule has 1 amide bonds. The van der Waals surface area contributed by atoms with Crippen LogP contribution in [0, 0.1) is 0 Å². The van der Waals surface area contributed by atoms with E-state index in [-0.39, 0.29) is 11.2 Å². The monoisotopic (exact) mass is 376 g/mol. The van der Waals surface area contributed by atoms with Gasteiger partial charge in [-0.3, -0.25) is 9.78 Å². The van der Waals surface area contributed by atoms with Gasteiger partial charge in [0.25, 0.3) is 0 Å². The molecule has 1 N–H and O–H groups in total. The first-order valence-corrected chi connectivity index (χ1v) is 8.94. The molecule has 2 aromatic carbocycles. The standard InChI is InChI=1S/C18H14Cl2N2OS/c1-11(18(23)22-15-9-13(19)8-14(20)10-15)24-16-6-2-4-12-5-3-7-21-17(12)16/h2-11H,1H3,(H,22,23). The molecule has 3 rings (SSSR count). The Morgan fingerprint density at radius 2 is 1.83 bits per heavy atom. The molecule has 0 radical (unpaired) electrons. The maximum absolute atomic E-state index is 12.4. The van der Waals surface area contributed by atoms with Gasteiger partial charge in [0.05, 0.1) is 10.8 Å². The molecule has 1 aromatic heterocycles. The van der Waals surface area contributed by atoms with E-state index < -0.39 is 0 Å². The van der Waals surface area contributed by atoms with Crippen molar-refractivity contribution in [2.45, 2.75) is 17.1 Å². The number of fused-ring (bicyclic) bond motifs is 1. The first kappa shape index (κ1) is 17.1. The third-order valence-electron chi connectivity index (χ3n) is 3.40. The van der Waals surface area contributed by atoms with Crippen molar-refractivity contribution in [1.82, 2.24) is 4.98 Å². The summed E-state index contributed by atoms with van der Waals surface area (Å²) < 4.78 is 0. The van der Waals surface area contributed by atoms with Crippen molar-refractivity contribution in [1.29, 1.82) is 0 Å². The predicted molar refractivity (Wildman–Crippen MR) is 102 cm³/mol. The van der Waals surface area contributed by atoms with Gasteiger partial charge in [-0.05, 0) is 37.3 Å². The molecular weight excluding hydrogens is 363 g/mol. The van der Waals surface area contributed by atoms with Crippen molar-refractivity contribution in [2.75, 3.05) is 5.32 Å². The highest BCUT2D eigenvalue weighted by atomic mass is 35.5. The SMILES string of the molecule is CC(Sc1cccc2cccnc12)C(=O)Nc1cc(Cl)cc(Cl)c1. The fourth-order valence-corrected chi connectivity index (χ4v) is 3.80. The number of hydrogen-bond donors (Lipinski definition) is 1. The smallest absolute Gasteiger partial charge is 0.237 e. The minimum atomic E-state index is -0.296. The van der Waals surface area contributed by atoms with Gasteiger partial charge in [-0.1, -0.05) is 41.4 Å². The fourth-order valence-electron chi connectivity index (χ4n) is 2.29. The summed E-state index contributed by atoms with van der Waals surface area (Å²) in [6.45, 7) is 1.86. The number of pyridine rings is 1. The van der Waals surface area contributed by atoms with Crippen molar-refractivity contribution >= 4 is 57.5 Å². The Balaban J connectivity index is 1.76. The third-order valence-corrected chi connectivity index (χ3v) is 4.99. The van der Waals surface area contributed by atoms with Crippen LogP contribution in [0.1, 0.15) is 6.92 Å². The van der Waals surface area contributed by atoms with Crippen molar-refractivity contribution in [2.24, 2.45) is 0 Å². The normalized spacial score (nSPS) is 12.1. The minimum Gasteiger partial charge on any atom is -0.325 e. The highest BCUT2D eigenvalue weighted by molar-refractivity contribution is 8.00. The van der Waals surface area contributed by atoms with Gasteiger partial charge in [0, 0.05) is 32.2 Å². The van der Waals surface area contributed by atoms with E-state index in [2.05, 4.69) is 10.3 Å². The van der Waals surface area contributed by atoms with Crippen LogP contribution < -0.4 is 5.32 Å². The van der Waals surface area contributed by atoms with Gasteiger partial charge in [0.15, 0.2) is 0 Å². The van der Waals surface area contributed by atoms with Crippen LogP contribution in [0.5, 0.6) is 0 Å². The number of rotatable bonds is 4. The van der Waals surface area contributed by atoms with Crippen LogP contribution in [-0.2, 0) is 4.79 Å². The van der Waals surface area contributed by atoms with Crippen LogP contribution in [0.15, 0.2) is 59.6 Å². The fraction of sp³-hybridized carbons (Fsp3) is 0.111. The summed E-state index contributed by atoms with van der Waals surface area (Å²) in [7, 11) is 0. The number of carbonyl (C=O) groups excluding carboxylic acids is 1. The summed E-state index contributed by atoms with van der Waals surface area (Å²) in [5.41, 5.74) is 1.48. The van der Waals surface area contributed by atoms with Gasteiger partial charge in [0.2, 0.25) is 5.91 Å². The summed E-state index contributed by atoms with van der Waals surface area (Å²) in [5, 5.41) is 4.56. The van der Waals surface area contributed by atoms with Gasteiger partial charge < -0.3 is 5.32 Å². The number of benzene rings is 2. The highest BCUT2D eigenvalue weighted by Crippen LogP contribution is 2.30. The van der Waals surface area contributed by atoms with Crippen LogP contribution in [-0.4, -0.2) is 16.1 Å². The number of nitrogens with one attached hydrogen (secondary N) is 1. The van der Waals surface area contributed by atoms with Gasteiger partial charge >= 0.3 is 0 Å². The lowest BCUT2D eigenvalue weighted by atomic mass is 10.2. The number of hydrogen-bond acceptors (Lipinski definition) is 3. The molecule has 0 spiro atoms. The summed E-state index contributed by atoms with van der Waals surface area (Å²) in [5.74, 6) is -0.119. The molecular formula is C18H14Cl2N2OS. The second-order valence-electron chi connectivity index (χ2n) is 5.24. The molecule has 1 unspecified atom stereocenters. The predicted octanol–water partition coefficient (Wildman–Crippen LogP) is 5.66. The van der Waals surface area contributed by atoms with E-state index in [9.17, 15) is 4.79 Å². The van der Waals surface area contributed by atoms with Crippen molar-refractivity contribution < 1.29 is 4.79 Å².